The van der Waals surface area contributed by atoms with Crippen LogP contribution in [-0.2, 0) is 11.3 Å². The maximum Gasteiger partial charge on any atom is 0.263 e. The van der Waals surface area contributed by atoms with Crippen LogP contribution >= 0.6 is 11.3 Å². The number of anilines is 1. The summed E-state index contributed by atoms with van der Waals surface area (Å²) in [6.07, 6.45) is 1.45. The zero-order valence-corrected chi connectivity index (χ0v) is 17.3. The Balaban J connectivity index is 1.70. The summed E-state index contributed by atoms with van der Waals surface area (Å²) in [5, 5.41) is 3.41. The first-order valence-electron chi connectivity index (χ1n) is 9.34. The van der Waals surface area contributed by atoms with Crippen molar-refractivity contribution in [2.75, 3.05) is 5.32 Å². The normalized spacial score (nSPS) is 11.0. The van der Waals surface area contributed by atoms with Crippen molar-refractivity contribution >= 4 is 33.1 Å². The van der Waals surface area contributed by atoms with Crippen LogP contribution in [0.25, 0.3) is 21.3 Å². The molecule has 0 aliphatic carbocycles. The van der Waals surface area contributed by atoms with Crippen LogP contribution in [0, 0.1) is 20.8 Å². The number of aromatic nitrogens is 2. The van der Waals surface area contributed by atoms with Crippen molar-refractivity contribution in [3.63, 3.8) is 0 Å². The van der Waals surface area contributed by atoms with Gasteiger partial charge < -0.3 is 5.32 Å². The number of amides is 1. The molecule has 0 aliphatic rings. The molecule has 1 amide bonds. The molecule has 2 aromatic carbocycles. The predicted molar refractivity (Wildman–Crippen MR) is 119 cm³/mol. The van der Waals surface area contributed by atoms with Gasteiger partial charge in [0.05, 0.1) is 11.7 Å². The Labute approximate surface area is 172 Å². The molecular weight excluding hydrogens is 382 g/mol. The predicted octanol–water partition coefficient (Wildman–Crippen LogP) is 4.69. The van der Waals surface area contributed by atoms with Crippen molar-refractivity contribution < 1.29 is 4.79 Å². The van der Waals surface area contributed by atoms with E-state index in [9.17, 15) is 9.59 Å². The fourth-order valence-electron chi connectivity index (χ4n) is 3.40. The van der Waals surface area contributed by atoms with E-state index < -0.39 is 0 Å². The molecule has 29 heavy (non-hydrogen) atoms. The summed E-state index contributed by atoms with van der Waals surface area (Å²) in [5.74, 6) is -0.261. The van der Waals surface area contributed by atoms with Crippen LogP contribution in [0.3, 0.4) is 0 Å². The summed E-state index contributed by atoms with van der Waals surface area (Å²) < 4.78 is 1.37. The molecule has 4 rings (SSSR count). The van der Waals surface area contributed by atoms with Gasteiger partial charge in [-0.25, -0.2) is 4.98 Å². The lowest BCUT2D eigenvalue weighted by atomic mass is 10.0. The first-order chi connectivity index (χ1) is 13.9. The molecule has 0 bridgehead atoms. The van der Waals surface area contributed by atoms with E-state index in [1.165, 1.54) is 22.2 Å². The molecule has 0 fully saturated rings. The Morgan fingerprint density at radius 3 is 2.55 bits per heavy atom. The first kappa shape index (κ1) is 19.1. The highest BCUT2D eigenvalue weighted by molar-refractivity contribution is 7.19. The number of thiophene rings is 1. The van der Waals surface area contributed by atoms with Gasteiger partial charge in [-0.2, -0.15) is 0 Å². The molecule has 6 heteroatoms. The summed E-state index contributed by atoms with van der Waals surface area (Å²) >= 11 is 1.50. The third-order valence-electron chi connectivity index (χ3n) is 4.81. The van der Waals surface area contributed by atoms with E-state index in [2.05, 4.69) is 10.3 Å². The molecule has 0 unspecified atom stereocenters. The number of carbonyl (C=O) groups is 1. The van der Waals surface area contributed by atoms with Gasteiger partial charge in [0, 0.05) is 16.1 Å². The van der Waals surface area contributed by atoms with Crippen LogP contribution in [0.15, 0.2) is 59.7 Å². The molecule has 0 aliphatic heterocycles. The molecule has 2 heterocycles. The Hall–Kier alpha value is -3.25. The molecule has 0 atom stereocenters. The number of nitrogens with one attached hydrogen (secondary N) is 1. The SMILES string of the molecule is Cc1ccc(-c2c(C)sc3ncn(CC(=O)Nc4cccc(C)c4)c(=O)c23)cc1. The van der Waals surface area contributed by atoms with Gasteiger partial charge >= 0.3 is 0 Å². The lowest BCUT2D eigenvalue weighted by Crippen LogP contribution is -2.27. The van der Waals surface area contributed by atoms with Crippen LogP contribution in [0.2, 0.25) is 0 Å². The fraction of sp³-hybridized carbons (Fsp3) is 0.174. The van der Waals surface area contributed by atoms with Gasteiger partial charge in [-0.3, -0.25) is 14.2 Å². The number of benzene rings is 2. The smallest absolute Gasteiger partial charge is 0.263 e. The van der Waals surface area contributed by atoms with E-state index in [1.54, 1.807) is 0 Å². The molecule has 4 aromatic rings. The van der Waals surface area contributed by atoms with Gasteiger partial charge in [0.1, 0.15) is 11.4 Å². The minimum absolute atomic E-state index is 0.0854. The third kappa shape index (κ3) is 3.84. The van der Waals surface area contributed by atoms with Gasteiger partial charge in [-0.15, -0.1) is 11.3 Å². The maximum atomic E-state index is 13.2. The summed E-state index contributed by atoms with van der Waals surface area (Å²) in [6, 6.07) is 15.7. The largest absolute Gasteiger partial charge is 0.325 e. The van der Waals surface area contributed by atoms with Crippen molar-refractivity contribution in [2.24, 2.45) is 0 Å². The van der Waals surface area contributed by atoms with Crippen molar-refractivity contribution in [2.45, 2.75) is 27.3 Å². The maximum absolute atomic E-state index is 13.2. The number of carbonyl (C=O) groups excluding carboxylic acids is 1. The van der Waals surface area contributed by atoms with Crippen LogP contribution in [0.4, 0.5) is 5.69 Å². The summed E-state index contributed by atoms with van der Waals surface area (Å²) in [5.41, 5.74) is 4.61. The van der Waals surface area contributed by atoms with E-state index in [4.69, 9.17) is 0 Å². The van der Waals surface area contributed by atoms with E-state index in [0.29, 0.717) is 15.9 Å². The average molecular weight is 404 g/mol. The Morgan fingerprint density at radius 2 is 1.83 bits per heavy atom. The summed E-state index contributed by atoms with van der Waals surface area (Å²) in [7, 11) is 0. The van der Waals surface area contributed by atoms with Crippen molar-refractivity contribution in [1.82, 2.24) is 9.55 Å². The van der Waals surface area contributed by atoms with Gasteiger partial charge in [0.2, 0.25) is 5.91 Å². The number of rotatable bonds is 4. The zero-order chi connectivity index (χ0) is 20.5. The van der Waals surface area contributed by atoms with Crippen molar-refractivity contribution in [3.05, 3.63) is 81.2 Å². The van der Waals surface area contributed by atoms with Crippen LogP contribution < -0.4 is 10.9 Å². The highest BCUT2D eigenvalue weighted by Gasteiger charge is 2.17. The number of nitrogens with zero attached hydrogens (tertiary/aromatic N) is 2. The Morgan fingerprint density at radius 1 is 1.07 bits per heavy atom. The van der Waals surface area contributed by atoms with E-state index in [0.717, 1.165) is 27.1 Å². The van der Waals surface area contributed by atoms with Gasteiger partial charge in [0.25, 0.3) is 5.56 Å². The lowest BCUT2D eigenvalue weighted by Gasteiger charge is -2.08. The van der Waals surface area contributed by atoms with Gasteiger partial charge in [0.15, 0.2) is 0 Å². The van der Waals surface area contributed by atoms with Gasteiger partial charge in [-0.05, 0) is 44.0 Å². The van der Waals surface area contributed by atoms with Crippen molar-refractivity contribution in [1.29, 1.82) is 0 Å². The zero-order valence-electron chi connectivity index (χ0n) is 16.5. The molecule has 1 N–H and O–H groups in total. The number of fused-ring (bicyclic) bond motifs is 1. The summed E-state index contributed by atoms with van der Waals surface area (Å²) in [4.78, 5) is 31.9. The second kappa shape index (κ2) is 7.64. The molecule has 0 saturated heterocycles. The fourth-order valence-corrected chi connectivity index (χ4v) is 4.40. The monoisotopic (exact) mass is 403 g/mol. The minimum atomic E-state index is -0.261. The topological polar surface area (TPSA) is 64.0 Å². The third-order valence-corrected chi connectivity index (χ3v) is 5.82. The van der Waals surface area contributed by atoms with Crippen LogP contribution in [-0.4, -0.2) is 15.5 Å². The Kier molecular flexibility index (Phi) is 5.03. The number of hydrogen-bond donors (Lipinski definition) is 1. The second-order valence-electron chi connectivity index (χ2n) is 7.17. The molecule has 0 radical (unpaired) electrons. The molecule has 0 saturated carbocycles. The second-order valence-corrected chi connectivity index (χ2v) is 8.38. The molecule has 0 spiro atoms. The number of aryl methyl sites for hydroxylation is 3. The van der Waals surface area contributed by atoms with Crippen molar-refractivity contribution in [3.8, 4) is 11.1 Å². The number of hydrogen-bond acceptors (Lipinski definition) is 4. The highest BCUT2D eigenvalue weighted by Crippen LogP contribution is 2.35. The van der Waals surface area contributed by atoms with Crippen LogP contribution in [0.5, 0.6) is 0 Å². The lowest BCUT2D eigenvalue weighted by molar-refractivity contribution is -0.116. The molecule has 5 nitrogen and oxygen atoms in total. The van der Waals surface area contributed by atoms with E-state index in [-0.39, 0.29) is 18.0 Å². The molecule has 146 valence electrons. The summed E-state index contributed by atoms with van der Waals surface area (Å²) in [6.45, 7) is 5.90. The quantitative estimate of drug-likeness (QED) is 0.538. The van der Waals surface area contributed by atoms with E-state index in [1.807, 2.05) is 69.3 Å². The molecule has 2 aromatic heterocycles. The highest BCUT2D eigenvalue weighted by atomic mass is 32.1. The average Bonchev–Trinajstić information content (AvgIpc) is 3.01. The first-order valence-corrected chi connectivity index (χ1v) is 10.2. The van der Waals surface area contributed by atoms with Gasteiger partial charge in [-0.1, -0.05) is 42.0 Å². The van der Waals surface area contributed by atoms with Crippen LogP contribution in [0.1, 0.15) is 16.0 Å². The Bertz CT molecular complexity index is 1270. The minimum Gasteiger partial charge on any atom is -0.325 e. The standard InChI is InChI=1S/C23H21N3O2S/c1-14-7-9-17(10-8-14)20-16(3)29-22-21(20)23(28)26(13-24-22)12-19(27)25-18-6-4-5-15(2)11-18/h4-11,13H,12H2,1-3H3,(H,25,27). The van der Waals surface area contributed by atoms with E-state index >= 15 is 0 Å². The molecular formula is C23H21N3O2S.